The first-order chi connectivity index (χ1) is 9.19. The van der Waals surface area contributed by atoms with Crippen LogP contribution in [-0.2, 0) is 11.3 Å². The van der Waals surface area contributed by atoms with Gasteiger partial charge in [-0.15, -0.1) is 0 Å². The van der Waals surface area contributed by atoms with Crippen LogP contribution >= 0.6 is 0 Å². The van der Waals surface area contributed by atoms with E-state index >= 15 is 0 Å². The fraction of sp³-hybridized carbons (Fsp3) is 0.583. The van der Waals surface area contributed by atoms with Crippen LogP contribution in [-0.4, -0.2) is 40.0 Å². The molecule has 0 atom stereocenters. The maximum Gasteiger partial charge on any atom is 0.246 e. The number of nitrogens with one attached hydrogen (secondary N) is 1. The van der Waals surface area contributed by atoms with Crippen LogP contribution in [0.4, 0.5) is 5.95 Å². The van der Waals surface area contributed by atoms with Crippen molar-refractivity contribution in [2.24, 2.45) is 0 Å². The summed E-state index contributed by atoms with van der Waals surface area (Å²) < 4.78 is 12.1. The van der Waals surface area contributed by atoms with Crippen molar-refractivity contribution in [2.75, 3.05) is 25.6 Å². The predicted molar refractivity (Wildman–Crippen MR) is 70.1 cm³/mol. The zero-order valence-electron chi connectivity index (χ0n) is 11.5. The molecular weight excluding hydrogens is 246 g/mol. The lowest BCUT2D eigenvalue weighted by molar-refractivity contribution is 0.197. The molecule has 0 aliphatic heterocycles. The summed E-state index contributed by atoms with van der Waals surface area (Å²) in [7, 11) is 1.70. The molecule has 2 aromatic heterocycles. The zero-order chi connectivity index (χ0) is 13.7. The quantitative estimate of drug-likeness (QED) is 0.762. The first kappa shape index (κ1) is 13.5. The molecule has 19 heavy (non-hydrogen) atoms. The Labute approximate surface area is 112 Å². The Hall–Kier alpha value is -1.89. The average Bonchev–Trinajstić information content (AvgIpc) is 2.92. The summed E-state index contributed by atoms with van der Waals surface area (Å²) in [5.74, 6) is 2.03. The molecular formula is C12H19N5O2. The van der Waals surface area contributed by atoms with Gasteiger partial charge in [-0.3, -0.25) is 0 Å². The van der Waals surface area contributed by atoms with Gasteiger partial charge < -0.3 is 19.1 Å². The Morgan fingerprint density at radius 3 is 2.89 bits per heavy atom. The van der Waals surface area contributed by atoms with Gasteiger partial charge in [-0.2, -0.15) is 4.98 Å². The summed E-state index contributed by atoms with van der Waals surface area (Å²) in [5, 5.41) is 7.06. The lowest BCUT2D eigenvalue weighted by atomic mass is 10.4. The molecule has 2 aromatic rings. The van der Waals surface area contributed by atoms with E-state index < -0.39 is 0 Å². The lowest BCUT2D eigenvalue weighted by Crippen LogP contribution is -2.11. The Balaban J connectivity index is 1.99. The number of rotatable bonds is 7. The van der Waals surface area contributed by atoms with Crippen molar-refractivity contribution < 1.29 is 9.26 Å². The van der Waals surface area contributed by atoms with Gasteiger partial charge in [0, 0.05) is 26.5 Å². The molecule has 0 amide bonds. The maximum atomic E-state index is 5.12. The van der Waals surface area contributed by atoms with E-state index in [1.165, 1.54) is 0 Å². The van der Waals surface area contributed by atoms with Gasteiger partial charge in [0.15, 0.2) is 5.82 Å². The van der Waals surface area contributed by atoms with Crippen molar-refractivity contribution >= 4 is 5.95 Å². The summed E-state index contributed by atoms with van der Waals surface area (Å²) in [6, 6.07) is 0. The summed E-state index contributed by atoms with van der Waals surface area (Å²) >= 11 is 0. The number of aryl methyl sites for hydroxylation is 2. The van der Waals surface area contributed by atoms with E-state index in [2.05, 4.69) is 20.4 Å². The Morgan fingerprint density at radius 1 is 1.37 bits per heavy atom. The minimum Gasteiger partial charge on any atom is -0.385 e. The molecule has 0 unspecified atom stereocenters. The molecule has 0 fully saturated rings. The third kappa shape index (κ3) is 3.78. The fourth-order valence-electron chi connectivity index (χ4n) is 1.78. The van der Waals surface area contributed by atoms with Crippen molar-refractivity contribution in [2.45, 2.75) is 26.8 Å². The highest BCUT2D eigenvalue weighted by molar-refractivity contribution is 5.29. The molecule has 0 spiro atoms. The molecule has 104 valence electrons. The van der Waals surface area contributed by atoms with Crippen molar-refractivity contribution in [1.29, 1.82) is 0 Å². The predicted octanol–water partition coefficient (Wildman–Crippen LogP) is 1.38. The number of ether oxygens (including phenoxy) is 1. The molecule has 0 saturated heterocycles. The standard InChI is InChI=1S/C12H19N5O2/c1-9-7-17(8-11-15-10(2)16-19-11)12(14-9)13-5-4-6-18-3/h7H,4-6,8H2,1-3H3,(H,13,14). The Bertz CT molecular complexity index is 520. The van der Waals surface area contributed by atoms with Gasteiger partial charge in [0.25, 0.3) is 0 Å². The summed E-state index contributed by atoms with van der Waals surface area (Å²) in [6.45, 7) is 5.82. The van der Waals surface area contributed by atoms with E-state index in [0.29, 0.717) is 18.3 Å². The number of hydrogen-bond donors (Lipinski definition) is 1. The van der Waals surface area contributed by atoms with Crippen molar-refractivity contribution in [3.05, 3.63) is 23.6 Å². The van der Waals surface area contributed by atoms with Crippen molar-refractivity contribution in [3.8, 4) is 0 Å². The first-order valence-corrected chi connectivity index (χ1v) is 6.25. The number of nitrogens with zero attached hydrogens (tertiary/aromatic N) is 4. The summed E-state index contributed by atoms with van der Waals surface area (Å²) in [5.41, 5.74) is 0.950. The number of hydrogen-bond acceptors (Lipinski definition) is 6. The second-order valence-corrected chi connectivity index (χ2v) is 4.34. The van der Waals surface area contributed by atoms with E-state index in [0.717, 1.165) is 31.2 Å². The number of methoxy groups -OCH3 is 1. The highest BCUT2D eigenvalue weighted by Crippen LogP contribution is 2.11. The molecule has 2 heterocycles. The van der Waals surface area contributed by atoms with Crippen LogP contribution in [0, 0.1) is 13.8 Å². The molecule has 0 bridgehead atoms. The topological polar surface area (TPSA) is 78.0 Å². The minimum atomic E-state index is 0.522. The van der Waals surface area contributed by atoms with Gasteiger partial charge in [0.1, 0.15) is 6.54 Å². The second kappa shape index (κ2) is 6.33. The van der Waals surface area contributed by atoms with E-state index in [1.54, 1.807) is 14.0 Å². The van der Waals surface area contributed by atoms with Crippen LogP contribution in [0.3, 0.4) is 0 Å². The molecule has 0 aliphatic rings. The van der Waals surface area contributed by atoms with Gasteiger partial charge >= 0.3 is 0 Å². The summed E-state index contributed by atoms with van der Waals surface area (Å²) in [6.07, 6.45) is 2.89. The molecule has 0 saturated carbocycles. The molecule has 0 aromatic carbocycles. The average molecular weight is 265 g/mol. The lowest BCUT2D eigenvalue weighted by Gasteiger charge is -2.07. The molecule has 0 radical (unpaired) electrons. The third-order valence-corrected chi connectivity index (χ3v) is 2.58. The maximum absolute atomic E-state index is 5.12. The van der Waals surface area contributed by atoms with Crippen molar-refractivity contribution in [1.82, 2.24) is 19.7 Å². The molecule has 7 nitrogen and oxygen atoms in total. The van der Waals surface area contributed by atoms with E-state index in [1.807, 2.05) is 17.7 Å². The largest absolute Gasteiger partial charge is 0.385 e. The highest BCUT2D eigenvalue weighted by Gasteiger charge is 2.09. The fourth-order valence-corrected chi connectivity index (χ4v) is 1.78. The van der Waals surface area contributed by atoms with Gasteiger partial charge in [-0.05, 0) is 20.3 Å². The smallest absolute Gasteiger partial charge is 0.246 e. The second-order valence-electron chi connectivity index (χ2n) is 4.34. The van der Waals surface area contributed by atoms with Gasteiger partial charge in [0.05, 0.1) is 5.69 Å². The van der Waals surface area contributed by atoms with Gasteiger partial charge in [0.2, 0.25) is 11.8 Å². The highest BCUT2D eigenvalue weighted by atomic mass is 16.5. The molecule has 1 N–H and O–H groups in total. The normalized spacial score (nSPS) is 10.9. The first-order valence-electron chi connectivity index (χ1n) is 6.25. The van der Waals surface area contributed by atoms with Crippen LogP contribution in [0.25, 0.3) is 0 Å². The minimum absolute atomic E-state index is 0.522. The Morgan fingerprint density at radius 2 is 2.21 bits per heavy atom. The molecule has 0 aliphatic carbocycles. The van der Waals surface area contributed by atoms with E-state index in [4.69, 9.17) is 9.26 Å². The third-order valence-electron chi connectivity index (χ3n) is 2.58. The van der Waals surface area contributed by atoms with Crippen LogP contribution in [0.1, 0.15) is 23.8 Å². The van der Waals surface area contributed by atoms with E-state index in [9.17, 15) is 0 Å². The number of aromatic nitrogens is 4. The summed E-state index contributed by atoms with van der Waals surface area (Å²) in [4.78, 5) is 8.62. The van der Waals surface area contributed by atoms with Crippen LogP contribution in [0.5, 0.6) is 0 Å². The van der Waals surface area contributed by atoms with E-state index in [-0.39, 0.29) is 0 Å². The SMILES string of the molecule is COCCCNc1nc(C)cn1Cc1nc(C)no1. The van der Waals surface area contributed by atoms with Crippen LogP contribution in [0.2, 0.25) is 0 Å². The molecule has 2 rings (SSSR count). The van der Waals surface area contributed by atoms with Crippen LogP contribution in [0.15, 0.2) is 10.7 Å². The number of anilines is 1. The van der Waals surface area contributed by atoms with Gasteiger partial charge in [-0.1, -0.05) is 5.16 Å². The number of imidazole rings is 1. The Kier molecular flexibility index (Phi) is 4.51. The van der Waals surface area contributed by atoms with Crippen molar-refractivity contribution in [3.63, 3.8) is 0 Å². The van der Waals surface area contributed by atoms with Gasteiger partial charge in [-0.25, -0.2) is 4.98 Å². The molecule has 7 heteroatoms. The monoisotopic (exact) mass is 265 g/mol. The zero-order valence-corrected chi connectivity index (χ0v) is 11.5. The van der Waals surface area contributed by atoms with Crippen LogP contribution < -0.4 is 5.32 Å².